The number of primary sulfonamides is 1. The van der Waals surface area contributed by atoms with E-state index in [4.69, 9.17) is 5.14 Å². The van der Waals surface area contributed by atoms with Crippen molar-refractivity contribution < 1.29 is 21.6 Å². The molecule has 3 N–H and O–H groups in total. The minimum absolute atomic E-state index is 0.0000767. The molecular weight excluding hydrogens is 494 g/mol. The molecule has 1 aliphatic rings. The minimum Gasteiger partial charge on any atom is -0.312 e. The third kappa shape index (κ3) is 4.92. The molecule has 1 amide bonds. The van der Waals surface area contributed by atoms with E-state index in [1.807, 2.05) is 0 Å². The van der Waals surface area contributed by atoms with Crippen LogP contribution in [0.15, 0.2) is 50.7 Å². The highest BCUT2D eigenvalue weighted by Crippen LogP contribution is 2.35. The summed E-state index contributed by atoms with van der Waals surface area (Å²) < 4.78 is 51.3. The summed E-state index contributed by atoms with van der Waals surface area (Å²) in [6, 6.07) is 9.23. The van der Waals surface area contributed by atoms with Crippen molar-refractivity contribution in [3.8, 4) is 0 Å². The van der Waals surface area contributed by atoms with Crippen molar-refractivity contribution in [1.82, 2.24) is 4.72 Å². The highest BCUT2D eigenvalue weighted by atomic mass is 79.9. The van der Waals surface area contributed by atoms with Gasteiger partial charge in [-0.05, 0) is 64.2 Å². The van der Waals surface area contributed by atoms with Crippen LogP contribution in [0.3, 0.4) is 0 Å². The van der Waals surface area contributed by atoms with E-state index in [0.717, 1.165) is 11.1 Å². The maximum Gasteiger partial charge on any atom is 0.241 e. The highest BCUT2D eigenvalue weighted by Gasteiger charge is 2.28. The van der Waals surface area contributed by atoms with Crippen molar-refractivity contribution in [2.45, 2.75) is 36.0 Å². The van der Waals surface area contributed by atoms with Gasteiger partial charge in [-0.3, -0.25) is 4.79 Å². The van der Waals surface area contributed by atoms with Crippen LogP contribution in [-0.2, 0) is 37.7 Å². The Bertz CT molecular complexity index is 1180. The largest absolute Gasteiger partial charge is 0.312 e. The number of sulfonamides is 2. The number of nitrogens with zero attached hydrogens (tertiary/aromatic N) is 1. The number of carbonyl (C=O) groups is 1. The van der Waals surface area contributed by atoms with Crippen molar-refractivity contribution >= 4 is 47.6 Å². The van der Waals surface area contributed by atoms with Crippen LogP contribution in [0.2, 0.25) is 0 Å². The summed E-state index contributed by atoms with van der Waals surface area (Å²) in [7, 11) is -7.59. The predicted octanol–water partition coefficient (Wildman–Crippen LogP) is 1.92. The zero-order chi connectivity index (χ0) is 22.1. The van der Waals surface area contributed by atoms with E-state index in [2.05, 4.69) is 20.7 Å². The number of amides is 1. The molecule has 0 saturated heterocycles. The van der Waals surface area contributed by atoms with Gasteiger partial charge in [0.25, 0.3) is 0 Å². The molecule has 0 aliphatic carbocycles. The molecule has 2 aromatic carbocycles. The van der Waals surface area contributed by atoms with Crippen LogP contribution in [0, 0.1) is 0 Å². The fourth-order valence-corrected chi connectivity index (χ4v) is 5.95. The Morgan fingerprint density at radius 3 is 2.43 bits per heavy atom. The number of rotatable bonds is 7. The number of carbonyl (C=O) groups excluding carboxylic acids is 1. The summed E-state index contributed by atoms with van der Waals surface area (Å²) in [5, 5.41) is 5.07. The molecular formula is C19H22BrN3O5S2. The Labute approximate surface area is 184 Å². The molecule has 0 fully saturated rings. The molecule has 0 radical (unpaired) electrons. The Morgan fingerprint density at radius 1 is 1.17 bits per heavy atom. The summed E-state index contributed by atoms with van der Waals surface area (Å²) in [4.78, 5) is 13.8. The lowest BCUT2D eigenvalue weighted by Crippen LogP contribution is -2.29. The summed E-state index contributed by atoms with van der Waals surface area (Å²) >= 11 is 3.33. The Morgan fingerprint density at radius 2 is 1.83 bits per heavy atom. The van der Waals surface area contributed by atoms with Gasteiger partial charge in [-0.2, -0.15) is 0 Å². The molecule has 0 spiro atoms. The fraction of sp³-hybridized carbons (Fsp3) is 0.316. The SMILES string of the molecule is CCC(=O)N1CCc2cc(Br)c(S(=O)(=O)NCCc3ccc(S(N)(=O)=O)cc3)cc21. The molecule has 3 rings (SSSR count). The third-order valence-corrected chi connectivity index (χ3v) is 8.23. The molecule has 1 aliphatic heterocycles. The van der Waals surface area contributed by atoms with Crippen LogP contribution in [0.25, 0.3) is 0 Å². The topological polar surface area (TPSA) is 127 Å². The van der Waals surface area contributed by atoms with Gasteiger partial charge in [-0.25, -0.2) is 26.7 Å². The van der Waals surface area contributed by atoms with Crippen LogP contribution < -0.4 is 14.8 Å². The van der Waals surface area contributed by atoms with E-state index in [0.29, 0.717) is 36.0 Å². The molecule has 8 nitrogen and oxygen atoms in total. The zero-order valence-corrected chi connectivity index (χ0v) is 19.5. The van der Waals surface area contributed by atoms with Gasteiger partial charge in [0.05, 0.1) is 9.79 Å². The number of benzene rings is 2. The highest BCUT2D eigenvalue weighted by molar-refractivity contribution is 9.10. The lowest BCUT2D eigenvalue weighted by Gasteiger charge is -2.18. The van der Waals surface area contributed by atoms with Gasteiger partial charge in [0.15, 0.2) is 0 Å². The molecule has 0 aromatic heterocycles. The van der Waals surface area contributed by atoms with Gasteiger partial charge < -0.3 is 4.90 Å². The Balaban J connectivity index is 1.74. The normalized spacial score (nSPS) is 14.0. The maximum atomic E-state index is 12.8. The van der Waals surface area contributed by atoms with Gasteiger partial charge >= 0.3 is 0 Å². The number of anilines is 1. The third-order valence-electron chi connectivity index (χ3n) is 4.88. The van der Waals surface area contributed by atoms with E-state index in [1.165, 1.54) is 18.2 Å². The monoisotopic (exact) mass is 515 g/mol. The standard InChI is InChI=1S/C19H22BrN3O5S2/c1-2-19(24)23-10-8-14-11-16(20)18(12-17(14)23)30(27,28)22-9-7-13-3-5-15(6-4-13)29(21,25)26/h3-6,11-12,22H,2,7-10H2,1H3,(H2,21,25,26). The van der Waals surface area contributed by atoms with Crippen LogP contribution in [0.5, 0.6) is 0 Å². The van der Waals surface area contributed by atoms with Crippen molar-refractivity contribution in [3.63, 3.8) is 0 Å². The molecule has 11 heteroatoms. The van der Waals surface area contributed by atoms with Crippen LogP contribution in [-0.4, -0.2) is 35.8 Å². The number of hydrogen-bond donors (Lipinski definition) is 2. The fourth-order valence-electron chi connectivity index (χ4n) is 3.30. The van der Waals surface area contributed by atoms with Gasteiger partial charge in [-0.1, -0.05) is 19.1 Å². The van der Waals surface area contributed by atoms with Gasteiger partial charge in [0.2, 0.25) is 26.0 Å². The first kappa shape index (κ1) is 22.9. The smallest absolute Gasteiger partial charge is 0.241 e. The molecule has 0 bridgehead atoms. The van der Waals surface area contributed by atoms with E-state index < -0.39 is 20.0 Å². The van der Waals surface area contributed by atoms with Crippen molar-refractivity contribution in [2.75, 3.05) is 18.0 Å². The number of halogens is 1. The quantitative estimate of drug-likeness (QED) is 0.582. The summed E-state index contributed by atoms with van der Waals surface area (Å²) in [5.41, 5.74) is 2.32. The van der Waals surface area contributed by atoms with E-state index in [9.17, 15) is 21.6 Å². The van der Waals surface area contributed by atoms with E-state index in [-0.39, 0.29) is 22.2 Å². The number of nitrogens with two attached hydrogens (primary N) is 1. The van der Waals surface area contributed by atoms with E-state index >= 15 is 0 Å². The second kappa shape index (κ2) is 8.75. The second-order valence-corrected chi connectivity index (χ2v) is 11.0. The Hall–Kier alpha value is -1.79. The average molecular weight is 516 g/mol. The molecule has 30 heavy (non-hydrogen) atoms. The maximum absolute atomic E-state index is 12.8. The first-order valence-electron chi connectivity index (χ1n) is 9.27. The number of hydrogen-bond acceptors (Lipinski definition) is 5. The molecule has 0 unspecified atom stereocenters. The van der Waals surface area contributed by atoms with Crippen LogP contribution in [0.1, 0.15) is 24.5 Å². The Kier molecular flexibility index (Phi) is 6.68. The minimum atomic E-state index is -3.82. The zero-order valence-electron chi connectivity index (χ0n) is 16.3. The van der Waals surface area contributed by atoms with Crippen molar-refractivity contribution in [2.24, 2.45) is 5.14 Å². The number of nitrogens with one attached hydrogen (secondary N) is 1. The summed E-state index contributed by atoms with van der Waals surface area (Å²) in [6.45, 7) is 2.44. The number of fused-ring (bicyclic) bond motifs is 1. The van der Waals surface area contributed by atoms with E-state index in [1.54, 1.807) is 30.0 Å². The molecule has 2 aromatic rings. The van der Waals surface area contributed by atoms with Crippen LogP contribution >= 0.6 is 15.9 Å². The van der Waals surface area contributed by atoms with Gasteiger partial charge in [0, 0.05) is 29.7 Å². The van der Waals surface area contributed by atoms with Crippen molar-refractivity contribution in [3.05, 3.63) is 52.0 Å². The predicted molar refractivity (Wildman–Crippen MR) is 117 cm³/mol. The molecule has 0 atom stereocenters. The molecule has 0 saturated carbocycles. The summed E-state index contributed by atoms with van der Waals surface area (Å²) in [6.07, 6.45) is 1.40. The lowest BCUT2D eigenvalue weighted by atomic mass is 10.2. The van der Waals surface area contributed by atoms with Gasteiger partial charge in [0.1, 0.15) is 0 Å². The lowest BCUT2D eigenvalue weighted by molar-refractivity contribution is -0.118. The van der Waals surface area contributed by atoms with Crippen LogP contribution in [0.4, 0.5) is 5.69 Å². The first-order valence-corrected chi connectivity index (χ1v) is 13.1. The second-order valence-electron chi connectivity index (χ2n) is 6.90. The molecule has 1 heterocycles. The average Bonchev–Trinajstić information content (AvgIpc) is 3.09. The van der Waals surface area contributed by atoms with Crippen molar-refractivity contribution in [1.29, 1.82) is 0 Å². The summed E-state index contributed by atoms with van der Waals surface area (Å²) in [5.74, 6) is -0.0460. The van der Waals surface area contributed by atoms with Gasteiger partial charge in [-0.15, -0.1) is 0 Å². The molecule has 162 valence electrons. The first-order chi connectivity index (χ1) is 14.0.